The van der Waals surface area contributed by atoms with Crippen molar-refractivity contribution in [3.8, 4) is 11.5 Å². The summed E-state index contributed by atoms with van der Waals surface area (Å²) < 4.78 is 32.8. The molecule has 0 bridgehead atoms. The first-order chi connectivity index (χ1) is 11.8. The Bertz CT molecular complexity index is 718. The zero-order chi connectivity index (χ0) is 18.8. The summed E-state index contributed by atoms with van der Waals surface area (Å²) >= 11 is 0. The van der Waals surface area contributed by atoms with E-state index in [9.17, 15) is 14.8 Å². The topological polar surface area (TPSA) is 94.5 Å². The fourth-order valence-electron chi connectivity index (χ4n) is 2.99. The number of aliphatic hydroxyl groups is 1. The van der Waals surface area contributed by atoms with Crippen LogP contribution in [0.4, 0.5) is 0 Å². The first kappa shape index (κ1) is 19.9. The number of ether oxygens (including phenoxy) is 2. The van der Waals surface area contributed by atoms with Crippen molar-refractivity contribution < 1.29 is 33.3 Å². The van der Waals surface area contributed by atoms with E-state index in [1.54, 1.807) is 0 Å². The highest BCUT2D eigenvalue weighted by molar-refractivity contribution is 7.54. The lowest BCUT2D eigenvalue weighted by Crippen LogP contribution is -2.03. The standard InChI is InChI=1S/C17H25O7P/c1-10(9-25(20,22-4)23-5)6-7-12-15(18)14-13(8-24-17(14)19)11(2)16(12)21-3/h6,17-19H,7-9H2,1-5H3/b10-6+. The molecule has 1 aliphatic heterocycles. The second-order valence-corrected chi connectivity index (χ2v) is 8.20. The minimum absolute atomic E-state index is 0.0341. The molecule has 1 aromatic carbocycles. The van der Waals surface area contributed by atoms with Crippen LogP contribution in [0.15, 0.2) is 11.6 Å². The average Bonchev–Trinajstić information content (AvgIpc) is 2.98. The van der Waals surface area contributed by atoms with E-state index in [1.165, 1.54) is 21.3 Å². The normalized spacial score (nSPS) is 17.7. The number of allylic oxidation sites excluding steroid dienone is 2. The van der Waals surface area contributed by atoms with Gasteiger partial charge in [-0.1, -0.05) is 11.6 Å². The van der Waals surface area contributed by atoms with E-state index in [-0.39, 0.29) is 18.5 Å². The van der Waals surface area contributed by atoms with Gasteiger partial charge in [-0.3, -0.25) is 4.57 Å². The summed E-state index contributed by atoms with van der Waals surface area (Å²) in [4.78, 5) is 0. The number of aliphatic hydroxyl groups excluding tert-OH is 1. The Labute approximate surface area is 147 Å². The van der Waals surface area contributed by atoms with Gasteiger partial charge in [0.05, 0.1) is 25.4 Å². The largest absolute Gasteiger partial charge is 0.507 e. The molecule has 1 aromatic rings. The van der Waals surface area contributed by atoms with Crippen LogP contribution in [0.1, 0.15) is 35.5 Å². The lowest BCUT2D eigenvalue weighted by molar-refractivity contribution is -0.0926. The molecule has 25 heavy (non-hydrogen) atoms. The lowest BCUT2D eigenvalue weighted by atomic mass is 9.95. The van der Waals surface area contributed by atoms with Crippen LogP contribution in [0.5, 0.6) is 11.5 Å². The monoisotopic (exact) mass is 372 g/mol. The van der Waals surface area contributed by atoms with Gasteiger partial charge in [-0.05, 0) is 31.4 Å². The zero-order valence-electron chi connectivity index (χ0n) is 15.2. The Hall–Kier alpha value is -1.37. The quantitative estimate of drug-likeness (QED) is 0.561. The van der Waals surface area contributed by atoms with Crippen molar-refractivity contribution in [2.75, 3.05) is 27.5 Å². The Balaban J connectivity index is 2.37. The maximum absolute atomic E-state index is 12.2. The summed E-state index contributed by atoms with van der Waals surface area (Å²) in [5, 5.41) is 20.6. The Kier molecular flexibility index (Phi) is 6.30. The molecule has 1 aliphatic rings. The highest BCUT2D eigenvalue weighted by Crippen LogP contribution is 2.48. The van der Waals surface area contributed by atoms with Crippen LogP contribution < -0.4 is 4.74 Å². The van der Waals surface area contributed by atoms with Gasteiger partial charge in [-0.15, -0.1) is 0 Å². The number of aromatic hydroxyl groups is 1. The van der Waals surface area contributed by atoms with Gasteiger partial charge in [0.15, 0.2) is 6.29 Å². The van der Waals surface area contributed by atoms with E-state index in [2.05, 4.69) is 0 Å². The molecule has 140 valence electrons. The highest BCUT2D eigenvalue weighted by atomic mass is 31.2. The Morgan fingerprint density at radius 2 is 2.00 bits per heavy atom. The minimum Gasteiger partial charge on any atom is -0.507 e. The van der Waals surface area contributed by atoms with Crippen LogP contribution >= 0.6 is 7.60 Å². The number of hydrogen-bond donors (Lipinski definition) is 2. The van der Waals surface area contributed by atoms with Crippen molar-refractivity contribution in [1.82, 2.24) is 0 Å². The molecule has 2 N–H and O–H groups in total. The molecule has 0 aromatic heterocycles. The molecule has 0 fully saturated rings. The van der Waals surface area contributed by atoms with Gasteiger partial charge >= 0.3 is 7.60 Å². The average molecular weight is 372 g/mol. The molecule has 1 heterocycles. The maximum atomic E-state index is 12.2. The number of benzene rings is 1. The third-order valence-corrected chi connectivity index (χ3v) is 6.42. The summed E-state index contributed by atoms with van der Waals surface area (Å²) in [6, 6.07) is 0. The van der Waals surface area contributed by atoms with Gasteiger partial charge in [0.2, 0.25) is 0 Å². The molecule has 8 heteroatoms. The predicted octanol–water partition coefficient (Wildman–Crippen LogP) is 3.21. The molecule has 1 atom stereocenters. The third kappa shape index (κ3) is 3.91. The maximum Gasteiger partial charge on any atom is 0.334 e. The van der Waals surface area contributed by atoms with E-state index >= 15 is 0 Å². The number of fused-ring (bicyclic) bond motifs is 1. The second kappa shape index (κ2) is 7.89. The highest BCUT2D eigenvalue weighted by Gasteiger charge is 2.31. The van der Waals surface area contributed by atoms with E-state index < -0.39 is 13.9 Å². The van der Waals surface area contributed by atoms with Crippen molar-refractivity contribution in [3.63, 3.8) is 0 Å². The second-order valence-electron chi connectivity index (χ2n) is 5.93. The summed E-state index contributed by atoms with van der Waals surface area (Å²) in [6.07, 6.45) is 1.18. The molecule has 1 unspecified atom stereocenters. The Morgan fingerprint density at radius 1 is 1.36 bits per heavy atom. The fraction of sp³-hybridized carbons (Fsp3) is 0.529. The summed E-state index contributed by atoms with van der Waals surface area (Å²) in [5.74, 6) is 0.521. The number of methoxy groups -OCH3 is 1. The SMILES string of the molecule is COc1c(C)c2c(c(O)c1C/C=C(\C)CP(=O)(OC)OC)C(O)OC2. The number of rotatable bonds is 7. The van der Waals surface area contributed by atoms with Crippen molar-refractivity contribution in [1.29, 1.82) is 0 Å². The van der Waals surface area contributed by atoms with Crippen LogP contribution in [-0.2, 0) is 31.4 Å². The van der Waals surface area contributed by atoms with E-state index in [0.29, 0.717) is 23.3 Å². The van der Waals surface area contributed by atoms with Gasteiger partial charge in [0.1, 0.15) is 11.5 Å². The molecule has 0 spiro atoms. The molecule has 0 saturated heterocycles. The van der Waals surface area contributed by atoms with Gasteiger partial charge in [0.25, 0.3) is 0 Å². The number of hydrogen-bond acceptors (Lipinski definition) is 7. The molecular formula is C17H25O7P. The fourth-order valence-corrected chi connectivity index (χ4v) is 4.14. The van der Waals surface area contributed by atoms with E-state index in [1.807, 2.05) is 19.9 Å². The summed E-state index contributed by atoms with van der Waals surface area (Å²) in [5.41, 5.74) is 3.30. The number of phenolic OH excluding ortho intramolecular Hbond substituents is 1. The third-order valence-electron chi connectivity index (χ3n) is 4.42. The lowest BCUT2D eigenvalue weighted by Gasteiger charge is -2.18. The summed E-state index contributed by atoms with van der Waals surface area (Å²) in [7, 11) is 1.08. The summed E-state index contributed by atoms with van der Waals surface area (Å²) in [6.45, 7) is 3.90. The molecule has 0 radical (unpaired) electrons. The van der Waals surface area contributed by atoms with Crippen molar-refractivity contribution in [2.45, 2.75) is 33.2 Å². The van der Waals surface area contributed by atoms with E-state index in [0.717, 1.165) is 16.7 Å². The predicted molar refractivity (Wildman–Crippen MR) is 93.1 cm³/mol. The first-order valence-corrected chi connectivity index (χ1v) is 9.57. The smallest absolute Gasteiger partial charge is 0.334 e. The van der Waals surface area contributed by atoms with Gasteiger partial charge in [-0.2, -0.15) is 0 Å². The zero-order valence-corrected chi connectivity index (χ0v) is 16.1. The number of phenols is 1. The van der Waals surface area contributed by atoms with Crippen LogP contribution in [-0.4, -0.2) is 37.7 Å². The molecule has 0 amide bonds. The van der Waals surface area contributed by atoms with Gasteiger partial charge in [-0.25, -0.2) is 0 Å². The van der Waals surface area contributed by atoms with Crippen LogP contribution in [0.2, 0.25) is 0 Å². The molecule has 2 rings (SSSR count). The minimum atomic E-state index is -3.14. The van der Waals surface area contributed by atoms with Gasteiger partial charge in [0, 0.05) is 19.8 Å². The van der Waals surface area contributed by atoms with Crippen molar-refractivity contribution >= 4 is 7.60 Å². The molecule has 7 nitrogen and oxygen atoms in total. The molecular weight excluding hydrogens is 347 g/mol. The van der Waals surface area contributed by atoms with E-state index in [4.69, 9.17) is 18.5 Å². The molecule has 0 saturated carbocycles. The van der Waals surface area contributed by atoms with Crippen molar-refractivity contribution in [2.24, 2.45) is 0 Å². The van der Waals surface area contributed by atoms with Crippen LogP contribution in [0.25, 0.3) is 0 Å². The van der Waals surface area contributed by atoms with Gasteiger partial charge < -0.3 is 28.7 Å². The van der Waals surface area contributed by atoms with Crippen LogP contribution in [0.3, 0.4) is 0 Å². The first-order valence-electron chi connectivity index (χ1n) is 7.85. The van der Waals surface area contributed by atoms with Crippen LogP contribution in [0, 0.1) is 6.92 Å². The van der Waals surface area contributed by atoms with Crippen molar-refractivity contribution in [3.05, 3.63) is 33.9 Å². The molecule has 0 aliphatic carbocycles. The Morgan fingerprint density at radius 3 is 2.56 bits per heavy atom.